The van der Waals surface area contributed by atoms with Crippen LogP contribution < -0.4 is 15.5 Å². The molecule has 2 aliphatic heterocycles. The summed E-state index contributed by atoms with van der Waals surface area (Å²) in [6, 6.07) is 8.58. The fourth-order valence-electron chi connectivity index (χ4n) is 4.79. The van der Waals surface area contributed by atoms with Gasteiger partial charge in [-0.05, 0) is 62.8 Å². The number of hydrogen-bond donors (Lipinski definition) is 2. The van der Waals surface area contributed by atoms with E-state index in [1.165, 1.54) is 24.2 Å². The number of rotatable bonds is 7. The van der Waals surface area contributed by atoms with Gasteiger partial charge in [0.1, 0.15) is 0 Å². The molecule has 2 aliphatic rings. The van der Waals surface area contributed by atoms with Crippen LogP contribution in [-0.2, 0) is 0 Å². The van der Waals surface area contributed by atoms with Crippen molar-refractivity contribution in [2.45, 2.75) is 39.2 Å². The van der Waals surface area contributed by atoms with E-state index in [-0.39, 0.29) is 11.9 Å². The number of pyridine rings is 1. The molecule has 0 spiro atoms. The van der Waals surface area contributed by atoms with E-state index in [1.54, 1.807) is 36.5 Å². The Balaban J connectivity index is 1.49. The van der Waals surface area contributed by atoms with Crippen LogP contribution in [0.25, 0.3) is 0 Å². The monoisotopic (exact) mass is 484 g/mol. The highest BCUT2D eigenvalue weighted by Gasteiger charge is 2.31. The Bertz CT molecular complexity index is 1030. The molecular formula is C25H33ClN6O2. The third-order valence-electron chi connectivity index (χ3n) is 6.68. The first-order valence-corrected chi connectivity index (χ1v) is 12.5. The van der Waals surface area contributed by atoms with E-state index in [9.17, 15) is 9.59 Å². The number of hydrogen-bond acceptors (Lipinski definition) is 5. The van der Waals surface area contributed by atoms with Gasteiger partial charge in [0.05, 0.1) is 16.9 Å². The molecule has 0 radical (unpaired) electrons. The quantitative estimate of drug-likeness (QED) is 0.610. The molecule has 1 fully saturated rings. The van der Waals surface area contributed by atoms with Gasteiger partial charge < -0.3 is 15.5 Å². The molecule has 8 nitrogen and oxygen atoms in total. The van der Waals surface area contributed by atoms with Crippen molar-refractivity contribution in [1.29, 1.82) is 0 Å². The Hall–Kier alpha value is -2.68. The lowest BCUT2D eigenvalue weighted by Gasteiger charge is -2.38. The minimum absolute atomic E-state index is 0.322. The number of piperidine rings is 1. The summed E-state index contributed by atoms with van der Waals surface area (Å²) in [5, 5.41) is 6.33. The van der Waals surface area contributed by atoms with Gasteiger partial charge in [0.15, 0.2) is 5.82 Å². The summed E-state index contributed by atoms with van der Waals surface area (Å²) in [4.78, 5) is 37.1. The van der Waals surface area contributed by atoms with Gasteiger partial charge in [-0.15, -0.1) is 0 Å². The number of likely N-dealkylation sites (N-methyl/N-ethyl adjacent to an activating group) is 1. The van der Waals surface area contributed by atoms with Gasteiger partial charge in [0.2, 0.25) is 0 Å². The Morgan fingerprint density at radius 3 is 2.88 bits per heavy atom. The summed E-state index contributed by atoms with van der Waals surface area (Å²) in [7, 11) is 0. The largest absolute Gasteiger partial charge is 0.336 e. The van der Waals surface area contributed by atoms with Crippen LogP contribution in [-0.4, -0.2) is 72.0 Å². The molecule has 9 heteroatoms. The minimum atomic E-state index is -0.324. The standard InChI is InChI=1S/C25H33ClN6O2/c1-3-30(4-2)17-19-8-5-6-14-31(19)15-13-28-25(34)32-22-11-10-18(26)16-20(22)24(33)29-21-9-7-12-27-23(21)32/h7,9-12,16,19H,3-6,8,13-15,17H2,1-2H3,(H,28,34)(H,29,33). The van der Waals surface area contributed by atoms with Crippen molar-refractivity contribution in [3.63, 3.8) is 0 Å². The van der Waals surface area contributed by atoms with Crippen molar-refractivity contribution >= 4 is 40.7 Å². The first-order valence-electron chi connectivity index (χ1n) is 12.1. The van der Waals surface area contributed by atoms with Gasteiger partial charge in [-0.1, -0.05) is 31.9 Å². The molecule has 3 amide bonds. The van der Waals surface area contributed by atoms with Gasteiger partial charge in [0.25, 0.3) is 5.91 Å². The number of nitrogens with zero attached hydrogens (tertiary/aromatic N) is 4. The summed E-state index contributed by atoms with van der Waals surface area (Å²) < 4.78 is 0. The maximum Gasteiger partial charge on any atom is 0.327 e. The van der Waals surface area contributed by atoms with E-state index in [0.717, 1.165) is 32.7 Å². The number of carbonyl (C=O) groups is 2. The summed E-state index contributed by atoms with van der Waals surface area (Å²) >= 11 is 6.15. The number of amides is 3. The maximum absolute atomic E-state index is 13.4. The van der Waals surface area contributed by atoms with Crippen molar-refractivity contribution in [2.24, 2.45) is 0 Å². The number of likely N-dealkylation sites (tertiary alicyclic amines) is 1. The molecule has 0 aliphatic carbocycles. The van der Waals surface area contributed by atoms with Crippen LogP contribution >= 0.6 is 11.6 Å². The van der Waals surface area contributed by atoms with E-state index in [1.807, 2.05) is 0 Å². The lowest BCUT2D eigenvalue weighted by Crippen LogP contribution is -2.50. The zero-order valence-electron chi connectivity index (χ0n) is 19.9. The van der Waals surface area contributed by atoms with E-state index >= 15 is 0 Å². The minimum Gasteiger partial charge on any atom is -0.336 e. The number of aromatic nitrogens is 1. The lowest BCUT2D eigenvalue weighted by molar-refractivity contribution is 0.102. The average molecular weight is 485 g/mol. The second-order valence-electron chi connectivity index (χ2n) is 8.73. The topological polar surface area (TPSA) is 80.8 Å². The summed E-state index contributed by atoms with van der Waals surface area (Å²) in [5.74, 6) is 0.0569. The maximum atomic E-state index is 13.4. The molecule has 2 N–H and O–H groups in total. The number of nitrogens with one attached hydrogen (secondary N) is 2. The first kappa shape index (κ1) is 24.4. The highest BCUT2D eigenvalue weighted by Crippen LogP contribution is 2.37. The molecular weight excluding hydrogens is 452 g/mol. The molecule has 2 aromatic rings. The Kier molecular flexibility index (Phi) is 8.03. The van der Waals surface area contributed by atoms with Crippen LogP contribution in [0.5, 0.6) is 0 Å². The number of anilines is 3. The van der Waals surface area contributed by atoms with Gasteiger partial charge >= 0.3 is 6.03 Å². The third-order valence-corrected chi connectivity index (χ3v) is 6.92. The predicted octanol–water partition coefficient (Wildman–Crippen LogP) is 4.34. The van der Waals surface area contributed by atoms with Crippen LogP contribution in [0.1, 0.15) is 43.5 Å². The lowest BCUT2D eigenvalue weighted by atomic mass is 10.0. The molecule has 1 unspecified atom stereocenters. The normalized spacial score (nSPS) is 18.2. The molecule has 3 heterocycles. The van der Waals surface area contributed by atoms with Crippen LogP contribution in [0.2, 0.25) is 5.02 Å². The van der Waals surface area contributed by atoms with Crippen LogP contribution in [0, 0.1) is 0 Å². The molecule has 1 aromatic heterocycles. The Morgan fingerprint density at radius 2 is 2.09 bits per heavy atom. The predicted molar refractivity (Wildman–Crippen MR) is 136 cm³/mol. The van der Waals surface area contributed by atoms with Crippen LogP contribution in [0.4, 0.5) is 22.0 Å². The Labute approximate surface area is 206 Å². The van der Waals surface area contributed by atoms with E-state index in [2.05, 4.69) is 39.3 Å². The van der Waals surface area contributed by atoms with E-state index in [0.29, 0.717) is 40.4 Å². The van der Waals surface area contributed by atoms with Crippen molar-refractivity contribution in [3.8, 4) is 0 Å². The number of halogens is 1. The molecule has 4 rings (SSSR count). The Morgan fingerprint density at radius 1 is 1.26 bits per heavy atom. The fraction of sp³-hybridized carbons (Fsp3) is 0.480. The molecule has 34 heavy (non-hydrogen) atoms. The molecule has 1 aromatic carbocycles. The highest BCUT2D eigenvalue weighted by atomic mass is 35.5. The van der Waals surface area contributed by atoms with Crippen molar-refractivity contribution < 1.29 is 9.59 Å². The van der Waals surface area contributed by atoms with Crippen molar-refractivity contribution in [2.75, 3.05) is 49.5 Å². The molecule has 1 saturated heterocycles. The molecule has 182 valence electrons. The summed E-state index contributed by atoms with van der Waals surface area (Å²) in [6.07, 6.45) is 5.24. The van der Waals surface area contributed by atoms with Crippen LogP contribution in [0.15, 0.2) is 36.5 Å². The summed E-state index contributed by atoms with van der Waals surface area (Å²) in [5.41, 5.74) is 1.26. The SMILES string of the molecule is CCN(CC)CC1CCCCN1CCNC(=O)N1c2ccc(Cl)cc2C(=O)Nc2cccnc21. The number of carbonyl (C=O) groups excluding carboxylic acids is 2. The average Bonchev–Trinajstić information content (AvgIpc) is 2.97. The zero-order chi connectivity index (χ0) is 24.1. The van der Waals surface area contributed by atoms with E-state index in [4.69, 9.17) is 11.6 Å². The second-order valence-corrected chi connectivity index (χ2v) is 9.17. The number of benzene rings is 1. The van der Waals surface area contributed by atoms with Gasteiger partial charge in [-0.25, -0.2) is 14.7 Å². The number of fused-ring (bicyclic) bond motifs is 2. The zero-order valence-corrected chi connectivity index (χ0v) is 20.6. The number of urea groups is 1. The van der Waals surface area contributed by atoms with E-state index < -0.39 is 0 Å². The smallest absolute Gasteiger partial charge is 0.327 e. The highest BCUT2D eigenvalue weighted by molar-refractivity contribution is 6.31. The molecule has 0 bridgehead atoms. The van der Waals surface area contributed by atoms with Gasteiger partial charge in [-0.2, -0.15) is 0 Å². The van der Waals surface area contributed by atoms with Gasteiger partial charge in [0, 0.05) is 36.9 Å². The van der Waals surface area contributed by atoms with Crippen molar-refractivity contribution in [1.82, 2.24) is 20.1 Å². The van der Waals surface area contributed by atoms with Crippen LogP contribution in [0.3, 0.4) is 0 Å². The second kappa shape index (κ2) is 11.2. The molecule has 1 atom stereocenters. The van der Waals surface area contributed by atoms with Gasteiger partial charge in [-0.3, -0.25) is 9.69 Å². The fourth-order valence-corrected chi connectivity index (χ4v) is 4.97. The summed E-state index contributed by atoms with van der Waals surface area (Å²) in [6.45, 7) is 9.91. The van der Waals surface area contributed by atoms with Crippen molar-refractivity contribution in [3.05, 3.63) is 47.1 Å². The third kappa shape index (κ3) is 5.35. The first-order chi connectivity index (χ1) is 16.5. The molecule has 0 saturated carbocycles.